The van der Waals surface area contributed by atoms with Gasteiger partial charge in [0.15, 0.2) is 0 Å². The highest BCUT2D eigenvalue weighted by Crippen LogP contribution is 2.10. The van der Waals surface area contributed by atoms with Gasteiger partial charge >= 0.3 is 12.1 Å². The van der Waals surface area contributed by atoms with Gasteiger partial charge in [-0.25, -0.2) is 18.4 Å². The van der Waals surface area contributed by atoms with Gasteiger partial charge < -0.3 is 15.2 Å². The Labute approximate surface area is 157 Å². The Balaban J connectivity index is 2.68. The van der Waals surface area contributed by atoms with Gasteiger partial charge in [-0.3, -0.25) is 14.5 Å². The van der Waals surface area contributed by atoms with E-state index in [2.05, 4.69) is 5.32 Å². The first-order valence-electron chi connectivity index (χ1n) is 7.86. The van der Waals surface area contributed by atoms with Crippen LogP contribution in [0.15, 0.2) is 29.2 Å². The van der Waals surface area contributed by atoms with Crippen LogP contribution in [-0.2, 0) is 30.9 Å². The van der Waals surface area contributed by atoms with Crippen molar-refractivity contribution in [2.45, 2.75) is 37.8 Å². The maximum Gasteiger partial charge on any atom is 0.411 e. The second kappa shape index (κ2) is 8.82. The number of rotatable bonds is 7. The Kier molecular flexibility index (Phi) is 7.31. The molecule has 0 fully saturated rings. The predicted molar refractivity (Wildman–Crippen MR) is 95.1 cm³/mol. The molecule has 0 spiro atoms. The molecule has 0 radical (unpaired) electrons. The third kappa shape index (κ3) is 8.51. The standard InChI is InChI=1S/C16H23N3O7S/c1-16(2,3)26-15(23)19(10-14(21)22)9-13(20)18-8-11-4-6-12(7-5-11)27(17,24)25/h4-7H,8-10H2,1-3H3,(H,18,20)(H,21,22)(H2,17,24,25). The van der Waals surface area contributed by atoms with E-state index in [4.69, 9.17) is 15.0 Å². The summed E-state index contributed by atoms with van der Waals surface area (Å²) in [6.07, 6.45) is -0.919. The minimum Gasteiger partial charge on any atom is -0.480 e. The molecule has 0 atom stereocenters. The lowest BCUT2D eigenvalue weighted by Gasteiger charge is -2.26. The first-order chi connectivity index (χ1) is 12.3. The summed E-state index contributed by atoms with van der Waals surface area (Å²) in [6, 6.07) is 5.55. The first kappa shape index (κ1) is 22.4. The van der Waals surface area contributed by atoms with Crippen molar-refractivity contribution in [2.75, 3.05) is 13.1 Å². The summed E-state index contributed by atoms with van der Waals surface area (Å²) in [7, 11) is -3.80. The summed E-state index contributed by atoms with van der Waals surface area (Å²) in [5, 5.41) is 16.4. The molecule has 27 heavy (non-hydrogen) atoms. The summed E-state index contributed by atoms with van der Waals surface area (Å²) < 4.78 is 27.5. The third-order valence-corrected chi connectivity index (χ3v) is 3.98. The van der Waals surface area contributed by atoms with Gasteiger partial charge in [0.1, 0.15) is 18.7 Å². The number of sulfonamides is 1. The number of hydrogen-bond acceptors (Lipinski definition) is 6. The van der Waals surface area contributed by atoms with Crippen molar-refractivity contribution in [3.05, 3.63) is 29.8 Å². The zero-order chi connectivity index (χ0) is 20.8. The molecule has 0 saturated heterocycles. The molecule has 1 rings (SSSR count). The minimum atomic E-state index is -3.80. The lowest BCUT2D eigenvalue weighted by atomic mass is 10.2. The first-order valence-corrected chi connectivity index (χ1v) is 9.41. The molecule has 1 aromatic carbocycles. The summed E-state index contributed by atoms with van der Waals surface area (Å²) in [4.78, 5) is 35.7. The number of carbonyl (C=O) groups excluding carboxylic acids is 2. The molecule has 0 saturated carbocycles. The maximum atomic E-state index is 12.0. The number of carboxylic acids is 1. The van der Waals surface area contributed by atoms with E-state index in [1.165, 1.54) is 24.3 Å². The van der Waals surface area contributed by atoms with Crippen LogP contribution < -0.4 is 10.5 Å². The number of ether oxygens (including phenoxy) is 1. The fourth-order valence-electron chi connectivity index (χ4n) is 1.90. The molecule has 0 bridgehead atoms. The van der Waals surface area contributed by atoms with E-state index in [9.17, 15) is 22.8 Å². The lowest BCUT2D eigenvalue weighted by molar-refractivity contribution is -0.138. The second-order valence-corrected chi connectivity index (χ2v) is 8.26. The number of primary sulfonamides is 1. The number of benzene rings is 1. The molecule has 150 valence electrons. The lowest BCUT2D eigenvalue weighted by Crippen LogP contribution is -2.45. The summed E-state index contributed by atoms with van der Waals surface area (Å²) in [5.74, 6) is -1.88. The highest BCUT2D eigenvalue weighted by atomic mass is 32.2. The normalized spacial score (nSPS) is 11.6. The summed E-state index contributed by atoms with van der Waals surface area (Å²) in [6.45, 7) is 3.72. The van der Waals surface area contributed by atoms with Gasteiger partial charge in [-0.1, -0.05) is 12.1 Å². The molecule has 0 heterocycles. The summed E-state index contributed by atoms with van der Waals surface area (Å²) >= 11 is 0. The van der Waals surface area contributed by atoms with Crippen LogP contribution in [0.1, 0.15) is 26.3 Å². The molecular formula is C16H23N3O7S. The van der Waals surface area contributed by atoms with Gasteiger partial charge in [0.2, 0.25) is 15.9 Å². The smallest absolute Gasteiger partial charge is 0.411 e. The Morgan fingerprint density at radius 3 is 2.15 bits per heavy atom. The molecular weight excluding hydrogens is 378 g/mol. The largest absolute Gasteiger partial charge is 0.480 e. The van der Waals surface area contributed by atoms with Gasteiger partial charge in [0.25, 0.3) is 0 Å². The second-order valence-electron chi connectivity index (χ2n) is 6.70. The zero-order valence-corrected chi connectivity index (χ0v) is 16.1. The summed E-state index contributed by atoms with van der Waals surface area (Å²) in [5.41, 5.74) is -0.243. The van der Waals surface area contributed by atoms with E-state index in [0.717, 1.165) is 4.90 Å². The van der Waals surface area contributed by atoms with Crippen molar-refractivity contribution < 1.29 is 32.6 Å². The van der Waals surface area contributed by atoms with E-state index in [0.29, 0.717) is 5.56 Å². The Morgan fingerprint density at radius 2 is 1.70 bits per heavy atom. The van der Waals surface area contributed by atoms with Crippen LogP contribution in [0.2, 0.25) is 0 Å². The topological polar surface area (TPSA) is 156 Å². The molecule has 10 nitrogen and oxygen atoms in total. The van der Waals surface area contributed by atoms with Crippen LogP contribution in [-0.4, -0.2) is 55.1 Å². The van der Waals surface area contributed by atoms with Crippen molar-refractivity contribution in [1.82, 2.24) is 10.2 Å². The van der Waals surface area contributed by atoms with E-state index < -0.39 is 46.7 Å². The highest BCUT2D eigenvalue weighted by molar-refractivity contribution is 7.89. The van der Waals surface area contributed by atoms with Gasteiger partial charge in [0, 0.05) is 6.54 Å². The van der Waals surface area contributed by atoms with Crippen molar-refractivity contribution in [1.29, 1.82) is 0 Å². The van der Waals surface area contributed by atoms with Crippen molar-refractivity contribution >= 4 is 28.0 Å². The molecule has 0 aliphatic heterocycles. The number of carbonyl (C=O) groups is 3. The quantitative estimate of drug-likeness (QED) is 0.592. The Bertz CT molecular complexity index is 798. The molecule has 1 aromatic rings. The number of nitrogens with one attached hydrogen (secondary N) is 1. The van der Waals surface area contributed by atoms with Crippen molar-refractivity contribution in [2.24, 2.45) is 5.14 Å². The van der Waals surface area contributed by atoms with Gasteiger partial charge in [-0.05, 0) is 38.5 Å². The number of hydrogen-bond donors (Lipinski definition) is 3. The minimum absolute atomic E-state index is 0.0545. The Morgan fingerprint density at radius 1 is 1.15 bits per heavy atom. The SMILES string of the molecule is CC(C)(C)OC(=O)N(CC(=O)O)CC(=O)NCc1ccc(S(N)(=O)=O)cc1. The molecule has 0 aliphatic carbocycles. The van der Waals surface area contributed by atoms with E-state index in [1.807, 2.05) is 0 Å². The molecule has 11 heteroatoms. The number of aliphatic carboxylic acids is 1. The molecule has 4 N–H and O–H groups in total. The molecule has 2 amide bonds. The van der Waals surface area contributed by atoms with Crippen LogP contribution in [0.3, 0.4) is 0 Å². The van der Waals surface area contributed by atoms with Crippen LogP contribution in [0.4, 0.5) is 4.79 Å². The van der Waals surface area contributed by atoms with Crippen LogP contribution >= 0.6 is 0 Å². The molecule has 0 aromatic heterocycles. The average Bonchev–Trinajstić information content (AvgIpc) is 2.49. The monoisotopic (exact) mass is 401 g/mol. The number of nitrogens with two attached hydrogens (primary N) is 1. The van der Waals surface area contributed by atoms with E-state index in [-0.39, 0.29) is 11.4 Å². The van der Waals surface area contributed by atoms with Gasteiger partial charge in [0.05, 0.1) is 4.90 Å². The van der Waals surface area contributed by atoms with Crippen molar-refractivity contribution in [3.63, 3.8) is 0 Å². The Hall–Kier alpha value is -2.66. The van der Waals surface area contributed by atoms with Crippen LogP contribution in [0.5, 0.6) is 0 Å². The maximum absolute atomic E-state index is 12.0. The van der Waals surface area contributed by atoms with Crippen LogP contribution in [0.25, 0.3) is 0 Å². The van der Waals surface area contributed by atoms with Crippen LogP contribution in [0, 0.1) is 0 Å². The number of amides is 2. The van der Waals surface area contributed by atoms with E-state index in [1.54, 1.807) is 20.8 Å². The zero-order valence-electron chi connectivity index (χ0n) is 15.3. The number of nitrogens with zero attached hydrogens (tertiary/aromatic N) is 1. The number of carboxylic acid groups (broad SMARTS) is 1. The van der Waals surface area contributed by atoms with Crippen molar-refractivity contribution in [3.8, 4) is 0 Å². The van der Waals surface area contributed by atoms with E-state index >= 15 is 0 Å². The average molecular weight is 401 g/mol. The third-order valence-electron chi connectivity index (χ3n) is 3.05. The van der Waals surface area contributed by atoms with Gasteiger partial charge in [-0.15, -0.1) is 0 Å². The molecule has 0 aliphatic rings. The highest BCUT2D eigenvalue weighted by Gasteiger charge is 2.25. The fraction of sp³-hybridized carbons (Fsp3) is 0.438. The molecule has 0 unspecified atom stereocenters. The fourth-order valence-corrected chi connectivity index (χ4v) is 2.42. The van der Waals surface area contributed by atoms with Gasteiger partial charge in [-0.2, -0.15) is 0 Å². The predicted octanol–water partition coefficient (Wildman–Crippen LogP) is 0.272.